The van der Waals surface area contributed by atoms with Gasteiger partial charge in [-0.25, -0.2) is 17.5 Å². The number of aromatic nitrogens is 2. The number of halogens is 4. The highest BCUT2D eigenvalue weighted by Gasteiger charge is 2.31. The van der Waals surface area contributed by atoms with Gasteiger partial charge >= 0.3 is 0 Å². The predicted octanol–water partition coefficient (Wildman–Crippen LogP) is 6.94. The van der Waals surface area contributed by atoms with Gasteiger partial charge in [-0.2, -0.15) is 5.10 Å². The first-order valence-electron chi connectivity index (χ1n) is 10.3. The molecule has 10 heteroatoms. The van der Waals surface area contributed by atoms with Gasteiger partial charge in [0.1, 0.15) is 17.1 Å². The Morgan fingerprint density at radius 3 is 2.20 bits per heavy atom. The minimum absolute atomic E-state index is 0.0168. The maximum atomic E-state index is 14.9. The Morgan fingerprint density at radius 2 is 1.60 bits per heavy atom. The molecular formula is C25H20Cl3FN2O3S. The lowest BCUT2D eigenvalue weighted by atomic mass is 10.0. The summed E-state index contributed by atoms with van der Waals surface area (Å²) < 4.78 is 40.2. The van der Waals surface area contributed by atoms with E-state index in [0.717, 1.165) is 6.26 Å². The molecule has 1 aromatic heterocycles. The number of hydrogen-bond acceptors (Lipinski definition) is 4. The summed E-state index contributed by atoms with van der Waals surface area (Å²) in [6.07, 6.45) is 1.14. The van der Waals surface area contributed by atoms with E-state index in [1.807, 2.05) is 0 Å². The Kier molecular flexibility index (Phi) is 6.76. The molecule has 0 aliphatic carbocycles. The van der Waals surface area contributed by atoms with Crippen molar-refractivity contribution in [2.45, 2.75) is 24.3 Å². The number of aliphatic hydroxyl groups is 1. The van der Waals surface area contributed by atoms with Gasteiger partial charge in [0.15, 0.2) is 9.84 Å². The third kappa shape index (κ3) is 4.97. The molecule has 0 aliphatic rings. The Bertz CT molecular complexity index is 1540. The van der Waals surface area contributed by atoms with E-state index in [1.54, 1.807) is 36.4 Å². The van der Waals surface area contributed by atoms with E-state index in [0.29, 0.717) is 16.8 Å². The van der Waals surface area contributed by atoms with Gasteiger partial charge in [0, 0.05) is 6.26 Å². The quantitative estimate of drug-likeness (QED) is 0.291. The summed E-state index contributed by atoms with van der Waals surface area (Å²) in [5.74, 6) is -0.617. The molecule has 0 spiro atoms. The van der Waals surface area contributed by atoms with Crippen molar-refractivity contribution in [3.05, 3.63) is 87.2 Å². The number of nitrogens with zero attached hydrogens (tertiary/aromatic N) is 2. The normalized spacial score (nSPS) is 12.2. The molecule has 0 fully saturated rings. The third-order valence-corrected chi connectivity index (χ3v) is 7.46. The third-order valence-electron chi connectivity index (χ3n) is 5.38. The first-order valence-corrected chi connectivity index (χ1v) is 13.4. The number of benzene rings is 3. The highest BCUT2D eigenvalue weighted by atomic mass is 35.5. The van der Waals surface area contributed by atoms with Gasteiger partial charge in [-0.05, 0) is 61.4 Å². The van der Waals surface area contributed by atoms with Crippen LogP contribution in [0.15, 0.2) is 65.6 Å². The van der Waals surface area contributed by atoms with Crippen LogP contribution in [0.1, 0.15) is 19.5 Å². The molecule has 4 aromatic rings. The second-order valence-corrected chi connectivity index (χ2v) is 11.8. The first-order chi connectivity index (χ1) is 16.3. The van der Waals surface area contributed by atoms with E-state index in [4.69, 9.17) is 34.8 Å². The summed E-state index contributed by atoms with van der Waals surface area (Å²) in [6.45, 7) is 3.02. The van der Waals surface area contributed by atoms with Crippen LogP contribution in [0.25, 0.3) is 28.1 Å². The fraction of sp³-hybridized carbons (Fsp3) is 0.160. The molecule has 35 heavy (non-hydrogen) atoms. The number of rotatable bonds is 5. The predicted molar refractivity (Wildman–Crippen MR) is 138 cm³/mol. The topological polar surface area (TPSA) is 72.2 Å². The Morgan fingerprint density at radius 1 is 0.943 bits per heavy atom. The molecule has 182 valence electrons. The van der Waals surface area contributed by atoms with Gasteiger partial charge in [0.2, 0.25) is 0 Å². The summed E-state index contributed by atoms with van der Waals surface area (Å²) in [4.78, 5) is 0.181. The van der Waals surface area contributed by atoms with Gasteiger partial charge in [0.25, 0.3) is 0 Å². The molecule has 0 unspecified atom stereocenters. The van der Waals surface area contributed by atoms with Gasteiger partial charge in [-0.3, -0.25) is 0 Å². The van der Waals surface area contributed by atoms with Crippen LogP contribution in [0.3, 0.4) is 0 Å². The largest absolute Gasteiger partial charge is 0.384 e. The van der Waals surface area contributed by atoms with Crippen molar-refractivity contribution >= 4 is 44.6 Å². The molecule has 0 saturated carbocycles. The minimum atomic E-state index is -3.39. The molecule has 0 radical (unpaired) electrons. The summed E-state index contributed by atoms with van der Waals surface area (Å²) in [5, 5.41) is 15.5. The summed E-state index contributed by atoms with van der Waals surface area (Å²) >= 11 is 19.6. The van der Waals surface area contributed by atoms with Crippen LogP contribution in [0.4, 0.5) is 4.39 Å². The van der Waals surface area contributed by atoms with Gasteiger partial charge in [0.05, 0.1) is 36.9 Å². The number of hydrogen-bond donors (Lipinski definition) is 1. The van der Waals surface area contributed by atoms with Gasteiger partial charge in [-0.1, -0.05) is 59.1 Å². The first kappa shape index (κ1) is 25.7. The van der Waals surface area contributed by atoms with Crippen molar-refractivity contribution < 1.29 is 17.9 Å². The maximum Gasteiger partial charge on any atom is 0.175 e. The molecule has 3 aromatic carbocycles. The zero-order valence-corrected chi connectivity index (χ0v) is 21.9. The van der Waals surface area contributed by atoms with Crippen molar-refractivity contribution in [1.29, 1.82) is 0 Å². The molecule has 4 rings (SSSR count). The van der Waals surface area contributed by atoms with Gasteiger partial charge in [-0.15, -0.1) is 0 Å². The molecule has 1 N–H and O–H groups in total. The van der Waals surface area contributed by atoms with E-state index >= 15 is 0 Å². The summed E-state index contributed by atoms with van der Waals surface area (Å²) in [6, 6.07) is 15.8. The fourth-order valence-electron chi connectivity index (χ4n) is 3.67. The zero-order chi connectivity index (χ0) is 25.7. The average molecular weight is 554 g/mol. The van der Waals surface area contributed by atoms with Crippen LogP contribution in [0.5, 0.6) is 0 Å². The van der Waals surface area contributed by atoms with Crippen molar-refractivity contribution in [2.24, 2.45) is 0 Å². The van der Waals surface area contributed by atoms with Crippen molar-refractivity contribution in [3.8, 4) is 28.1 Å². The molecule has 0 saturated heterocycles. The van der Waals surface area contributed by atoms with Crippen LogP contribution in [0.2, 0.25) is 15.1 Å². The van der Waals surface area contributed by atoms with Gasteiger partial charge < -0.3 is 5.11 Å². The van der Waals surface area contributed by atoms with Crippen molar-refractivity contribution in [3.63, 3.8) is 0 Å². The molecule has 5 nitrogen and oxygen atoms in total. The minimum Gasteiger partial charge on any atom is -0.384 e. The lowest BCUT2D eigenvalue weighted by Crippen LogP contribution is -2.17. The van der Waals surface area contributed by atoms with E-state index in [-0.39, 0.29) is 36.9 Å². The lowest BCUT2D eigenvalue weighted by molar-refractivity contribution is 0.0735. The average Bonchev–Trinajstić information content (AvgIpc) is 3.10. The van der Waals surface area contributed by atoms with E-state index in [9.17, 15) is 17.9 Å². The summed E-state index contributed by atoms with van der Waals surface area (Å²) in [5.41, 5.74) is 0.512. The number of sulfone groups is 1. The SMILES string of the molecule is CC(C)(O)c1nn(-c2ccc(-c3cccc(S(C)(=O)=O)c3)cc2Cl)c(-c2c(F)cccc2Cl)c1Cl. The van der Waals surface area contributed by atoms with Crippen molar-refractivity contribution in [2.75, 3.05) is 6.26 Å². The van der Waals surface area contributed by atoms with E-state index in [2.05, 4.69) is 5.10 Å². The lowest BCUT2D eigenvalue weighted by Gasteiger charge is -2.14. The zero-order valence-electron chi connectivity index (χ0n) is 18.9. The van der Waals surface area contributed by atoms with Crippen LogP contribution in [0, 0.1) is 5.82 Å². The molecule has 0 bridgehead atoms. The van der Waals surface area contributed by atoms with Crippen LogP contribution in [-0.4, -0.2) is 29.6 Å². The Hall–Kier alpha value is -2.42. The van der Waals surface area contributed by atoms with Crippen LogP contribution >= 0.6 is 34.8 Å². The van der Waals surface area contributed by atoms with Crippen LogP contribution < -0.4 is 0 Å². The standard InChI is InChI=1S/C25H20Cl3FN2O3S/c1-25(2,32)24-22(28)23(21-17(26)8-5-9-19(21)29)31(30-24)20-11-10-15(13-18(20)27)14-6-4-7-16(12-14)35(3,33)34/h4-13,32H,1-3H3. The molecule has 1 heterocycles. The molecule has 0 aliphatic heterocycles. The second kappa shape index (κ2) is 9.22. The van der Waals surface area contributed by atoms with Crippen molar-refractivity contribution in [1.82, 2.24) is 9.78 Å². The summed E-state index contributed by atoms with van der Waals surface area (Å²) in [7, 11) is -3.39. The second-order valence-electron chi connectivity index (χ2n) is 8.54. The molecule has 0 amide bonds. The van der Waals surface area contributed by atoms with E-state index in [1.165, 1.54) is 42.8 Å². The Labute approximate surface area is 217 Å². The molecular weight excluding hydrogens is 534 g/mol. The monoisotopic (exact) mass is 552 g/mol. The smallest absolute Gasteiger partial charge is 0.175 e. The maximum absolute atomic E-state index is 14.9. The van der Waals surface area contributed by atoms with Crippen LogP contribution in [-0.2, 0) is 15.4 Å². The van der Waals surface area contributed by atoms with E-state index < -0.39 is 21.3 Å². The Balaban J connectivity index is 1.93. The fourth-order valence-corrected chi connectivity index (χ4v) is 5.29. The molecule has 0 atom stereocenters. The highest BCUT2D eigenvalue weighted by molar-refractivity contribution is 7.90. The highest BCUT2D eigenvalue weighted by Crippen LogP contribution is 2.42.